The summed E-state index contributed by atoms with van der Waals surface area (Å²) in [6, 6.07) is 20.8. The standard InChI is InChI=1S/C21H17N3O3S/c1-22-17-9-7-15(11-19(17)24(25)26)21-23-18-10-8-16(12-20(18)28-21)27-13-14-5-3-2-4-6-14/h2-12,22H,13H2,1H3. The van der Waals surface area contributed by atoms with Crippen molar-refractivity contribution in [1.82, 2.24) is 4.98 Å². The van der Waals surface area contributed by atoms with Gasteiger partial charge in [-0.05, 0) is 35.9 Å². The quantitative estimate of drug-likeness (QED) is 0.347. The average Bonchev–Trinajstić information content (AvgIpc) is 3.16. The molecule has 6 nitrogen and oxygen atoms in total. The summed E-state index contributed by atoms with van der Waals surface area (Å²) in [5.41, 5.74) is 3.17. The zero-order chi connectivity index (χ0) is 19.5. The molecule has 0 radical (unpaired) electrons. The topological polar surface area (TPSA) is 77.3 Å². The number of rotatable bonds is 6. The van der Waals surface area contributed by atoms with Crippen molar-refractivity contribution in [1.29, 1.82) is 0 Å². The fourth-order valence-electron chi connectivity index (χ4n) is 2.89. The molecule has 0 aliphatic rings. The molecule has 0 atom stereocenters. The molecule has 0 spiro atoms. The van der Waals surface area contributed by atoms with Gasteiger partial charge < -0.3 is 10.1 Å². The summed E-state index contributed by atoms with van der Waals surface area (Å²) >= 11 is 1.49. The second-order valence-corrected chi connectivity index (χ2v) is 7.19. The Labute approximate surface area is 165 Å². The van der Waals surface area contributed by atoms with Crippen LogP contribution in [0.2, 0.25) is 0 Å². The van der Waals surface area contributed by atoms with Crippen molar-refractivity contribution >= 4 is 32.9 Å². The highest BCUT2D eigenvalue weighted by Gasteiger charge is 2.16. The van der Waals surface area contributed by atoms with Crippen molar-refractivity contribution in [2.75, 3.05) is 12.4 Å². The lowest BCUT2D eigenvalue weighted by molar-refractivity contribution is -0.383. The van der Waals surface area contributed by atoms with Crippen molar-refractivity contribution < 1.29 is 9.66 Å². The maximum absolute atomic E-state index is 11.3. The van der Waals surface area contributed by atoms with Crippen molar-refractivity contribution in [2.24, 2.45) is 0 Å². The van der Waals surface area contributed by atoms with E-state index in [0.29, 0.717) is 12.3 Å². The largest absolute Gasteiger partial charge is 0.489 e. The second-order valence-electron chi connectivity index (χ2n) is 6.16. The number of aromatic nitrogens is 1. The monoisotopic (exact) mass is 391 g/mol. The first-order valence-electron chi connectivity index (χ1n) is 8.68. The molecule has 140 valence electrons. The van der Waals surface area contributed by atoms with E-state index < -0.39 is 4.92 Å². The third-order valence-electron chi connectivity index (χ3n) is 4.32. The van der Waals surface area contributed by atoms with Crippen LogP contribution in [0.3, 0.4) is 0 Å². The Morgan fingerprint density at radius 3 is 2.68 bits per heavy atom. The summed E-state index contributed by atoms with van der Waals surface area (Å²) < 4.78 is 6.85. The number of nitrogens with one attached hydrogen (secondary N) is 1. The van der Waals surface area contributed by atoms with E-state index in [0.717, 1.165) is 32.1 Å². The van der Waals surface area contributed by atoms with Crippen molar-refractivity contribution in [3.8, 4) is 16.3 Å². The summed E-state index contributed by atoms with van der Waals surface area (Å²) in [5.74, 6) is 0.767. The number of fused-ring (bicyclic) bond motifs is 1. The van der Waals surface area contributed by atoms with Gasteiger partial charge in [0.15, 0.2) is 0 Å². The number of thiazole rings is 1. The van der Waals surface area contributed by atoms with Gasteiger partial charge >= 0.3 is 0 Å². The van der Waals surface area contributed by atoms with E-state index in [1.807, 2.05) is 54.6 Å². The van der Waals surface area contributed by atoms with Gasteiger partial charge in [-0.15, -0.1) is 11.3 Å². The van der Waals surface area contributed by atoms with E-state index in [2.05, 4.69) is 10.3 Å². The van der Waals surface area contributed by atoms with E-state index in [9.17, 15) is 10.1 Å². The smallest absolute Gasteiger partial charge is 0.293 e. The number of nitro groups is 1. The van der Waals surface area contributed by atoms with Crippen LogP contribution in [0.5, 0.6) is 5.75 Å². The second kappa shape index (κ2) is 7.66. The zero-order valence-corrected chi connectivity index (χ0v) is 15.9. The summed E-state index contributed by atoms with van der Waals surface area (Å²) in [6.45, 7) is 0.496. The van der Waals surface area contributed by atoms with Crippen LogP contribution in [0.1, 0.15) is 5.56 Å². The molecule has 0 aliphatic heterocycles. The highest BCUT2D eigenvalue weighted by Crippen LogP contribution is 2.36. The maximum Gasteiger partial charge on any atom is 0.293 e. The van der Waals surface area contributed by atoms with Crippen LogP contribution < -0.4 is 10.1 Å². The number of ether oxygens (including phenoxy) is 1. The van der Waals surface area contributed by atoms with Gasteiger partial charge in [-0.25, -0.2) is 4.98 Å². The van der Waals surface area contributed by atoms with Gasteiger partial charge in [-0.3, -0.25) is 10.1 Å². The van der Waals surface area contributed by atoms with Crippen LogP contribution >= 0.6 is 11.3 Å². The summed E-state index contributed by atoms with van der Waals surface area (Å²) in [7, 11) is 1.66. The van der Waals surface area contributed by atoms with Crippen LogP contribution in [0, 0.1) is 10.1 Å². The lowest BCUT2D eigenvalue weighted by atomic mass is 10.2. The summed E-state index contributed by atoms with van der Waals surface area (Å²) in [5, 5.41) is 14.9. The fourth-order valence-corrected chi connectivity index (χ4v) is 3.88. The lowest BCUT2D eigenvalue weighted by Crippen LogP contribution is -1.96. The first-order valence-corrected chi connectivity index (χ1v) is 9.49. The summed E-state index contributed by atoms with van der Waals surface area (Å²) in [4.78, 5) is 15.5. The highest BCUT2D eigenvalue weighted by atomic mass is 32.1. The Balaban J connectivity index is 1.61. The Morgan fingerprint density at radius 1 is 1.11 bits per heavy atom. The van der Waals surface area contributed by atoms with Crippen LogP contribution in [0.4, 0.5) is 11.4 Å². The third kappa shape index (κ3) is 3.65. The van der Waals surface area contributed by atoms with Crippen LogP contribution in [0.15, 0.2) is 66.7 Å². The molecule has 0 unspecified atom stereocenters. The molecule has 0 saturated heterocycles. The number of nitro benzene ring substituents is 1. The minimum Gasteiger partial charge on any atom is -0.489 e. The Hall–Kier alpha value is -3.45. The van der Waals surface area contributed by atoms with Gasteiger partial charge in [0.2, 0.25) is 0 Å². The number of benzene rings is 3. The molecule has 1 heterocycles. The Kier molecular flexibility index (Phi) is 4.90. The van der Waals surface area contributed by atoms with E-state index in [1.165, 1.54) is 11.3 Å². The molecule has 0 aliphatic carbocycles. The fraction of sp³-hybridized carbons (Fsp3) is 0.0952. The van der Waals surface area contributed by atoms with Crippen molar-refractivity contribution in [3.63, 3.8) is 0 Å². The third-order valence-corrected chi connectivity index (χ3v) is 5.39. The normalized spacial score (nSPS) is 10.8. The van der Waals surface area contributed by atoms with Gasteiger partial charge in [0.05, 0.1) is 15.1 Å². The minimum absolute atomic E-state index is 0.0335. The predicted molar refractivity (Wildman–Crippen MR) is 112 cm³/mol. The molecular weight excluding hydrogens is 374 g/mol. The molecular formula is C21H17N3O3S. The maximum atomic E-state index is 11.3. The number of hydrogen-bond acceptors (Lipinski definition) is 6. The average molecular weight is 391 g/mol. The van der Waals surface area contributed by atoms with Gasteiger partial charge in [-0.1, -0.05) is 30.3 Å². The number of hydrogen-bond donors (Lipinski definition) is 1. The van der Waals surface area contributed by atoms with E-state index in [4.69, 9.17) is 4.74 Å². The molecule has 4 rings (SSSR count). The molecule has 1 aromatic heterocycles. The molecule has 0 saturated carbocycles. The first kappa shape index (κ1) is 17.9. The molecule has 0 fully saturated rings. The molecule has 0 amide bonds. The number of anilines is 1. The van der Waals surface area contributed by atoms with Crippen molar-refractivity contribution in [3.05, 3.63) is 82.4 Å². The Morgan fingerprint density at radius 2 is 1.93 bits per heavy atom. The SMILES string of the molecule is CNc1ccc(-c2nc3ccc(OCc4ccccc4)cc3s2)cc1[N+](=O)[O-]. The van der Waals surface area contributed by atoms with E-state index in [1.54, 1.807) is 19.2 Å². The molecule has 0 bridgehead atoms. The highest BCUT2D eigenvalue weighted by molar-refractivity contribution is 7.21. The van der Waals surface area contributed by atoms with Gasteiger partial charge in [0, 0.05) is 18.7 Å². The summed E-state index contributed by atoms with van der Waals surface area (Å²) in [6.07, 6.45) is 0. The molecule has 4 aromatic rings. The molecule has 7 heteroatoms. The lowest BCUT2D eigenvalue weighted by Gasteiger charge is -2.05. The first-order chi connectivity index (χ1) is 13.6. The predicted octanol–water partition coefficient (Wildman–Crippen LogP) is 5.49. The zero-order valence-electron chi connectivity index (χ0n) is 15.1. The van der Waals surface area contributed by atoms with Gasteiger partial charge in [0.25, 0.3) is 5.69 Å². The number of nitrogens with zero attached hydrogens (tertiary/aromatic N) is 2. The molecule has 28 heavy (non-hydrogen) atoms. The van der Waals surface area contributed by atoms with Crippen LogP contribution in [-0.4, -0.2) is 17.0 Å². The minimum atomic E-state index is -0.391. The van der Waals surface area contributed by atoms with E-state index >= 15 is 0 Å². The molecule has 3 aromatic carbocycles. The van der Waals surface area contributed by atoms with Crippen molar-refractivity contribution in [2.45, 2.75) is 6.61 Å². The Bertz CT molecular complexity index is 1140. The van der Waals surface area contributed by atoms with Crippen LogP contribution in [-0.2, 0) is 6.61 Å². The molecule has 1 N–H and O–H groups in total. The van der Waals surface area contributed by atoms with Gasteiger partial charge in [0.1, 0.15) is 23.1 Å². The van der Waals surface area contributed by atoms with E-state index in [-0.39, 0.29) is 5.69 Å². The van der Waals surface area contributed by atoms with Gasteiger partial charge in [-0.2, -0.15) is 0 Å². The van der Waals surface area contributed by atoms with Crippen LogP contribution in [0.25, 0.3) is 20.8 Å².